The van der Waals surface area contributed by atoms with Crippen molar-refractivity contribution in [3.05, 3.63) is 102 Å². The molecule has 0 saturated heterocycles. The number of methoxy groups -OCH3 is 1. The number of ether oxygens (including phenoxy) is 1. The second-order valence-corrected chi connectivity index (χ2v) is 11.4. The number of carbonyl (C=O) groups excluding carboxylic acids is 1. The fraction of sp³-hybridized carbons (Fsp3) is 0.265. The summed E-state index contributed by atoms with van der Waals surface area (Å²) in [7, 11) is 1.31. The Balaban J connectivity index is 1.69. The summed E-state index contributed by atoms with van der Waals surface area (Å²) in [4.78, 5) is 12.0. The quantitative estimate of drug-likeness (QED) is 0.292. The first kappa shape index (κ1) is 24.8. The largest absolute Gasteiger partial charge is 0.507 e. The lowest BCUT2D eigenvalue weighted by molar-refractivity contribution is 0.0597. The van der Waals surface area contributed by atoms with Gasteiger partial charge in [0.25, 0.3) is 0 Å². The Morgan fingerprint density at radius 2 is 1.30 bits per heavy atom. The van der Waals surface area contributed by atoms with E-state index in [0.29, 0.717) is 0 Å². The number of carbonyl (C=O) groups is 1. The molecule has 0 aliphatic heterocycles. The summed E-state index contributed by atoms with van der Waals surface area (Å²) in [6, 6.07) is 28.9. The van der Waals surface area contributed by atoms with Gasteiger partial charge in [-0.15, -0.1) is 0 Å². The minimum atomic E-state index is -0.552. The second kappa shape index (κ2) is 9.23. The van der Waals surface area contributed by atoms with Gasteiger partial charge in [0, 0.05) is 0 Å². The molecule has 0 atom stereocenters. The number of phenolic OH excluding ortho intramolecular Hbond substituents is 1. The summed E-state index contributed by atoms with van der Waals surface area (Å²) in [5, 5.41) is 10.5. The minimum absolute atomic E-state index is 0.0872. The highest BCUT2D eigenvalue weighted by molar-refractivity contribution is 5.94. The first-order chi connectivity index (χ1) is 17.6. The van der Waals surface area contributed by atoms with Crippen LogP contribution in [-0.2, 0) is 15.6 Å². The normalized spacial score (nSPS) is 15.6. The molecule has 1 N–H and O–H groups in total. The third-order valence-corrected chi connectivity index (χ3v) is 8.00. The molecule has 188 valence electrons. The van der Waals surface area contributed by atoms with Crippen molar-refractivity contribution in [3.8, 4) is 39.1 Å². The number of benzene rings is 4. The van der Waals surface area contributed by atoms with Crippen molar-refractivity contribution in [3.63, 3.8) is 0 Å². The monoisotopic (exact) mass is 490 g/mol. The number of esters is 1. The van der Waals surface area contributed by atoms with Crippen LogP contribution in [0.15, 0.2) is 84.9 Å². The number of aromatic hydroxyl groups is 1. The van der Waals surface area contributed by atoms with E-state index in [4.69, 9.17) is 4.74 Å². The first-order valence-electron chi connectivity index (χ1n) is 12.9. The molecule has 3 nitrogen and oxygen atoms in total. The average molecular weight is 491 g/mol. The van der Waals surface area contributed by atoms with Gasteiger partial charge in [-0.3, -0.25) is 0 Å². The van der Waals surface area contributed by atoms with E-state index in [9.17, 15) is 9.90 Å². The number of hydrogen-bond donors (Lipinski definition) is 1. The van der Waals surface area contributed by atoms with Crippen LogP contribution < -0.4 is 0 Å². The average Bonchev–Trinajstić information content (AvgIpc) is 2.91. The minimum Gasteiger partial charge on any atom is -0.507 e. The lowest BCUT2D eigenvalue weighted by Crippen LogP contribution is -2.33. The number of hydrogen-bond acceptors (Lipinski definition) is 3. The van der Waals surface area contributed by atoms with Gasteiger partial charge in [0.2, 0.25) is 0 Å². The summed E-state index contributed by atoms with van der Waals surface area (Å²) in [6.07, 6.45) is 2.34. The molecule has 0 aromatic heterocycles. The van der Waals surface area contributed by atoms with Crippen LogP contribution in [0.25, 0.3) is 33.4 Å². The summed E-state index contributed by atoms with van der Waals surface area (Å²) >= 11 is 0. The summed E-state index contributed by atoms with van der Waals surface area (Å²) in [6.45, 7) is 9.40. The van der Waals surface area contributed by atoms with Gasteiger partial charge < -0.3 is 9.84 Å². The Kier molecular flexibility index (Phi) is 6.19. The van der Waals surface area contributed by atoms with E-state index in [1.165, 1.54) is 30.2 Å². The highest BCUT2D eigenvalue weighted by atomic mass is 16.5. The van der Waals surface area contributed by atoms with Crippen LogP contribution in [0.4, 0.5) is 0 Å². The van der Waals surface area contributed by atoms with Crippen molar-refractivity contribution in [1.29, 1.82) is 0 Å². The van der Waals surface area contributed by atoms with Crippen molar-refractivity contribution in [2.75, 3.05) is 7.11 Å². The highest BCUT2D eigenvalue weighted by Gasteiger charge is 2.37. The van der Waals surface area contributed by atoms with Crippen molar-refractivity contribution < 1.29 is 14.6 Å². The zero-order chi connectivity index (χ0) is 26.4. The molecular weight excluding hydrogens is 456 g/mol. The Hall–Kier alpha value is -3.85. The number of rotatable bonds is 4. The molecule has 0 unspecified atom stereocenters. The SMILES string of the molecule is COC(=O)c1ccc(-c2ccc(-c3ccccc3)c(-c3ccc4c(c3)C(C)(C)CCC4(C)C)c2)cc1O. The van der Waals surface area contributed by atoms with Gasteiger partial charge in [0.1, 0.15) is 11.3 Å². The fourth-order valence-corrected chi connectivity index (χ4v) is 5.58. The predicted molar refractivity (Wildman–Crippen MR) is 151 cm³/mol. The molecule has 0 heterocycles. The molecule has 0 amide bonds. The molecule has 0 fully saturated rings. The molecule has 4 aromatic carbocycles. The lowest BCUT2D eigenvalue weighted by Gasteiger charge is -2.42. The van der Waals surface area contributed by atoms with E-state index in [0.717, 1.165) is 34.2 Å². The van der Waals surface area contributed by atoms with Crippen molar-refractivity contribution in [2.24, 2.45) is 0 Å². The van der Waals surface area contributed by atoms with Crippen molar-refractivity contribution in [1.82, 2.24) is 0 Å². The fourth-order valence-electron chi connectivity index (χ4n) is 5.58. The van der Waals surface area contributed by atoms with Gasteiger partial charge in [0.05, 0.1) is 7.11 Å². The third-order valence-electron chi connectivity index (χ3n) is 8.00. The molecule has 1 aliphatic rings. The van der Waals surface area contributed by atoms with Gasteiger partial charge in [-0.05, 0) is 86.4 Å². The van der Waals surface area contributed by atoms with E-state index in [1.54, 1.807) is 12.1 Å². The van der Waals surface area contributed by atoms with Crippen LogP contribution in [0, 0.1) is 0 Å². The molecule has 0 spiro atoms. The van der Waals surface area contributed by atoms with Crippen molar-refractivity contribution in [2.45, 2.75) is 51.4 Å². The maximum atomic E-state index is 12.0. The van der Waals surface area contributed by atoms with Gasteiger partial charge in [-0.1, -0.05) is 94.4 Å². The third kappa shape index (κ3) is 4.55. The molecular formula is C34H34O3. The molecule has 4 aromatic rings. The van der Waals surface area contributed by atoms with E-state index >= 15 is 0 Å². The van der Waals surface area contributed by atoms with Crippen LogP contribution in [0.1, 0.15) is 62.0 Å². The van der Waals surface area contributed by atoms with Gasteiger partial charge in [-0.2, -0.15) is 0 Å². The summed E-state index contributed by atoms with van der Waals surface area (Å²) in [5.74, 6) is -0.639. The molecule has 0 saturated carbocycles. The van der Waals surface area contributed by atoms with E-state index < -0.39 is 5.97 Å². The lowest BCUT2D eigenvalue weighted by atomic mass is 9.63. The molecule has 37 heavy (non-hydrogen) atoms. The van der Waals surface area contributed by atoms with Crippen LogP contribution in [0.2, 0.25) is 0 Å². The molecule has 5 rings (SSSR count). The predicted octanol–water partition coefficient (Wildman–Crippen LogP) is 8.53. The van der Waals surface area contributed by atoms with Crippen molar-refractivity contribution >= 4 is 5.97 Å². The van der Waals surface area contributed by atoms with E-state index in [2.05, 4.69) is 88.4 Å². The zero-order valence-electron chi connectivity index (χ0n) is 22.3. The van der Waals surface area contributed by atoms with Gasteiger partial charge >= 0.3 is 5.97 Å². The Morgan fingerprint density at radius 1 is 0.676 bits per heavy atom. The van der Waals surface area contributed by atoms with Gasteiger partial charge in [-0.25, -0.2) is 4.79 Å². The van der Waals surface area contributed by atoms with Gasteiger partial charge in [0.15, 0.2) is 0 Å². The Bertz CT molecular complexity index is 1480. The Morgan fingerprint density at radius 3 is 1.97 bits per heavy atom. The molecule has 3 heteroatoms. The van der Waals surface area contributed by atoms with Crippen LogP contribution in [0.5, 0.6) is 5.75 Å². The zero-order valence-corrected chi connectivity index (χ0v) is 22.3. The number of fused-ring (bicyclic) bond motifs is 1. The highest BCUT2D eigenvalue weighted by Crippen LogP contribution is 2.47. The van der Waals surface area contributed by atoms with Crippen LogP contribution >= 0.6 is 0 Å². The van der Waals surface area contributed by atoms with Crippen LogP contribution in [-0.4, -0.2) is 18.2 Å². The molecule has 1 aliphatic carbocycles. The topological polar surface area (TPSA) is 46.5 Å². The van der Waals surface area contributed by atoms with E-state index in [-0.39, 0.29) is 22.1 Å². The second-order valence-electron chi connectivity index (χ2n) is 11.4. The molecule has 0 bridgehead atoms. The van der Waals surface area contributed by atoms with E-state index in [1.807, 2.05) is 12.1 Å². The molecule has 0 radical (unpaired) electrons. The maximum Gasteiger partial charge on any atom is 0.341 e. The summed E-state index contributed by atoms with van der Waals surface area (Å²) in [5.41, 5.74) is 9.74. The van der Waals surface area contributed by atoms with Crippen LogP contribution in [0.3, 0.4) is 0 Å². The standard InChI is InChI=1S/C34H34O3/c1-33(2)17-18-34(3,4)30-20-25(13-16-29(30)33)28-19-23(11-14-26(28)22-9-7-6-8-10-22)24-12-15-27(31(35)21-24)32(36)37-5/h6-16,19-21,35H,17-18H2,1-5H3. The summed E-state index contributed by atoms with van der Waals surface area (Å²) < 4.78 is 4.78. The maximum absolute atomic E-state index is 12.0. The first-order valence-corrected chi connectivity index (χ1v) is 12.9. The smallest absolute Gasteiger partial charge is 0.341 e. The Labute approximate surface area is 219 Å². The number of phenols is 1.